The maximum atomic E-state index is 5.78. The summed E-state index contributed by atoms with van der Waals surface area (Å²) in [7, 11) is 1.64. The summed E-state index contributed by atoms with van der Waals surface area (Å²) >= 11 is 0. The third kappa shape index (κ3) is 3.62. The Kier molecular flexibility index (Phi) is 4.62. The molecule has 0 fully saturated rings. The summed E-state index contributed by atoms with van der Waals surface area (Å²) in [5.74, 6) is 1.47. The zero-order valence-electron chi connectivity index (χ0n) is 11.0. The van der Waals surface area contributed by atoms with Gasteiger partial charge in [0.15, 0.2) is 11.5 Å². The molecule has 1 radical (unpaired) electrons. The van der Waals surface area contributed by atoms with Gasteiger partial charge in [-0.3, -0.25) is 0 Å². The Labute approximate surface area is 114 Å². The molecule has 0 unspecified atom stereocenters. The molecule has 0 bridgehead atoms. The first-order valence-electron chi connectivity index (χ1n) is 6.14. The Morgan fingerprint density at radius 1 is 1.05 bits per heavy atom. The quantitative estimate of drug-likeness (QED) is 0.798. The van der Waals surface area contributed by atoms with Crippen LogP contribution in [-0.2, 0) is 6.61 Å². The monoisotopic (exact) mass is 253 g/mol. The van der Waals surface area contributed by atoms with Gasteiger partial charge in [0.2, 0.25) is 0 Å². The minimum Gasteiger partial charge on any atom is -0.493 e. The SMILES string of the molecule is [CH2]C=Cc1ccc(OCc2ccccc2)c(OC)c1. The van der Waals surface area contributed by atoms with Gasteiger partial charge in [-0.25, -0.2) is 0 Å². The van der Waals surface area contributed by atoms with Crippen molar-refractivity contribution in [2.45, 2.75) is 6.61 Å². The second-order valence-corrected chi connectivity index (χ2v) is 4.09. The molecule has 0 N–H and O–H groups in total. The lowest BCUT2D eigenvalue weighted by molar-refractivity contribution is 0.284. The van der Waals surface area contributed by atoms with Crippen molar-refractivity contribution in [3.05, 3.63) is 72.7 Å². The highest BCUT2D eigenvalue weighted by atomic mass is 16.5. The molecule has 2 rings (SSSR count). The Morgan fingerprint density at radius 3 is 2.53 bits per heavy atom. The summed E-state index contributed by atoms with van der Waals surface area (Å²) in [5.41, 5.74) is 2.17. The van der Waals surface area contributed by atoms with E-state index in [9.17, 15) is 0 Å². The van der Waals surface area contributed by atoms with Gasteiger partial charge in [0.25, 0.3) is 0 Å². The zero-order valence-corrected chi connectivity index (χ0v) is 11.0. The first kappa shape index (κ1) is 13.2. The van der Waals surface area contributed by atoms with Crippen LogP contribution in [0.3, 0.4) is 0 Å². The maximum absolute atomic E-state index is 5.78. The van der Waals surface area contributed by atoms with Crippen LogP contribution in [-0.4, -0.2) is 7.11 Å². The number of methoxy groups -OCH3 is 1. The molecule has 0 aliphatic carbocycles. The topological polar surface area (TPSA) is 18.5 Å². The van der Waals surface area contributed by atoms with Crippen molar-refractivity contribution in [3.63, 3.8) is 0 Å². The number of allylic oxidation sites excluding steroid dienone is 1. The summed E-state index contributed by atoms with van der Waals surface area (Å²) in [6.45, 7) is 4.21. The Morgan fingerprint density at radius 2 is 1.84 bits per heavy atom. The standard InChI is InChI=1S/C17H17O2/c1-3-7-14-10-11-16(17(12-14)18-2)19-13-15-8-5-4-6-9-15/h3-12H,1,13H2,2H3. The third-order valence-corrected chi connectivity index (χ3v) is 2.74. The van der Waals surface area contributed by atoms with Gasteiger partial charge in [-0.1, -0.05) is 48.6 Å². The van der Waals surface area contributed by atoms with Crippen molar-refractivity contribution in [1.82, 2.24) is 0 Å². The molecule has 0 aromatic heterocycles. The summed E-state index contributed by atoms with van der Waals surface area (Å²) in [6.07, 6.45) is 3.67. The summed E-state index contributed by atoms with van der Waals surface area (Å²) in [5, 5.41) is 0. The Hall–Kier alpha value is -2.22. The normalized spacial score (nSPS) is 10.6. The first-order chi connectivity index (χ1) is 9.33. The average Bonchev–Trinajstić information content (AvgIpc) is 2.47. The fraction of sp³-hybridized carbons (Fsp3) is 0.118. The fourth-order valence-corrected chi connectivity index (χ4v) is 1.78. The van der Waals surface area contributed by atoms with Gasteiger partial charge < -0.3 is 9.47 Å². The Bertz CT molecular complexity index is 544. The lowest BCUT2D eigenvalue weighted by Crippen LogP contribution is -1.97. The van der Waals surface area contributed by atoms with Gasteiger partial charge in [-0.15, -0.1) is 0 Å². The lowest BCUT2D eigenvalue weighted by atomic mass is 10.2. The number of rotatable bonds is 5. The van der Waals surface area contributed by atoms with Gasteiger partial charge in [0.05, 0.1) is 7.11 Å². The van der Waals surface area contributed by atoms with Crippen LogP contribution in [0, 0.1) is 6.92 Å². The third-order valence-electron chi connectivity index (χ3n) is 2.74. The largest absolute Gasteiger partial charge is 0.493 e. The van der Waals surface area contributed by atoms with Crippen LogP contribution >= 0.6 is 0 Å². The van der Waals surface area contributed by atoms with E-state index in [1.807, 2.05) is 54.6 Å². The molecule has 97 valence electrons. The number of benzene rings is 2. The van der Waals surface area contributed by atoms with Crippen molar-refractivity contribution in [1.29, 1.82) is 0 Å². The van der Waals surface area contributed by atoms with Crippen molar-refractivity contribution in [2.75, 3.05) is 7.11 Å². The van der Waals surface area contributed by atoms with Crippen molar-refractivity contribution in [2.24, 2.45) is 0 Å². The summed E-state index contributed by atoms with van der Waals surface area (Å²) in [6, 6.07) is 15.9. The molecule has 0 aliphatic heterocycles. The number of hydrogen-bond acceptors (Lipinski definition) is 2. The van der Waals surface area contributed by atoms with Crippen LogP contribution in [0.15, 0.2) is 54.6 Å². The molecule has 0 amide bonds. The minimum atomic E-state index is 0.529. The number of ether oxygens (including phenoxy) is 2. The highest BCUT2D eigenvalue weighted by molar-refractivity contribution is 5.56. The highest BCUT2D eigenvalue weighted by Crippen LogP contribution is 2.29. The van der Waals surface area contributed by atoms with E-state index in [0.717, 1.165) is 22.6 Å². The van der Waals surface area contributed by atoms with Gasteiger partial charge in [-0.2, -0.15) is 0 Å². The second-order valence-electron chi connectivity index (χ2n) is 4.09. The van der Waals surface area contributed by atoms with Crippen LogP contribution < -0.4 is 9.47 Å². The molecule has 0 atom stereocenters. The van der Waals surface area contributed by atoms with E-state index in [0.29, 0.717) is 6.61 Å². The molecule has 0 saturated carbocycles. The average molecular weight is 253 g/mol. The smallest absolute Gasteiger partial charge is 0.161 e. The van der Waals surface area contributed by atoms with E-state index < -0.39 is 0 Å². The molecule has 2 nitrogen and oxygen atoms in total. The van der Waals surface area contributed by atoms with E-state index in [1.165, 1.54) is 0 Å². The molecule has 2 aromatic rings. The van der Waals surface area contributed by atoms with Crippen molar-refractivity contribution >= 4 is 6.08 Å². The van der Waals surface area contributed by atoms with Crippen LogP contribution in [0.25, 0.3) is 6.08 Å². The Balaban J connectivity index is 2.11. The van der Waals surface area contributed by atoms with E-state index in [-0.39, 0.29) is 0 Å². The van der Waals surface area contributed by atoms with Gasteiger partial charge in [0.1, 0.15) is 6.61 Å². The highest BCUT2D eigenvalue weighted by Gasteiger charge is 2.04. The molecule has 2 heteroatoms. The molecule has 2 aromatic carbocycles. The molecule has 0 aliphatic rings. The molecule has 0 heterocycles. The maximum Gasteiger partial charge on any atom is 0.161 e. The van der Waals surface area contributed by atoms with Gasteiger partial charge >= 0.3 is 0 Å². The van der Waals surface area contributed by atoms with Crippen molar-refractivity contribution in [3.8, 4) is 11.5 Å². The minimum absolute atomic E-state index is 0.529. The first-order valence-corrected chi connectivity index (χ1v) is 6.14. The van der Waals surface area contributed by atoms with Crippen LogP contribution in [0.4, 0.5) is 0 Å². The molecular weight excluding hydrogens is 236 g/mol. The number of hydrogen-bond donors (Lipinski definition) is 0. The van der Waals surface area contributed by atoms with E-state index >= 15 is 0 Å². The second kappa shape index (κ2) is 6.64. The van der Waals surface area contributed by atoms with Crippen LogP contribution in [0.2, 0.25) is 0 Å². The van der Waals surface area contributed by atoms with E-state index in [1.54, 1.807) is 13.2 Å². The van der Waals surface area contributed by atoms with E-state index in [4.69, 9.17) is 9.47 Å². The molecular formula is C17H17O2. The summed E-state index contributed by atoms with van der Waals surface area (Å²) in [4.78, 5) is 0. The predicted octanol–water partition coefficient (Wildman–Crippen LogP) is 4.12. The predicted molar refractivity (Wildman–Crippen MR) is 78.2 cm³/mol. The zero-order chi connectivity index (χ0) is 13.5. The van der Waals surface area contributed by atoms with Gasteiger partial charge in [0, 0.05) is 0 Å². The lowest BCUT2D eigenvalue weighted by Gasteiger charge is -2.11. The van der Waals surface area contributed by atoms with Crippen LogP contribution in [0.1, 0.15) is 11.1 Å². The van der Waals surface area contributed by atoms with E-state index in [2.05, 4.69) is 6.92 Å². The molecule has 19 heavy (non-hydrogen) atoms. The summed E-state index contributed by atoms with van der Waals surface area (Å²) < 4.78 is 11.1. The van der Waals surface area contributed by atoms with Crippen LogP contribution in [0.5, 0.6) is 11.5 Å². The fourth-order valence-electron chi connectivity index (χ4n) is 1.78. The molecule has 0 spiro atoms. The van der Waals surface area contributed by atoms with Gasteiger partial charge in [-0.05, 0) is 30.2 Å². The van der Waals surface area contributed by atoms with Crippen molar-refractivity contribution < 1.29 is 9.47 Å². The molecule has 0 saturated heterocycles.